The lowest BCUT2D eigenvalue weighted by Crippen LogP contribution is -2.27. The van der Waals surface area contributed by atoms with E-state index in [0.29, 0.717) is 22.6 Å². The van der Waals surface area contributed by atoms with Gasteiger partial charge in [0.25, 0.3) is 5.91 Å². The number of hydrogen-bond donors (Lipinski definition) is 3. The third kappa shape index (κ3) is 5.23. The Hall–Kier alpha value is -2.53. The van der Waals surface area contributed by atoms with E-state index in [4.69, 9.17) is 5.73 Å². The largest absolute Gasteiger partial charge is 0.399 e. The maximum atomic E-state index is 12.6. The lowest BCUT2D eigenvalue weighted by molar-refractivity contribution is -0.123. The van der Waals surface area contributed by atoms with Crippen molar-refractivity contribution in [1.29, 1.82) is 0 Å². The number of anilines is 3. The molecule has 140 valence electrons. The summed E-state index contributed by atoms with van der Waals surface area (Å²) >= 11 is 0. The van der Waals surface area contributed by atoms with Crippen LogP contribution in [0.15, 0.2) is 36.4 Å². The molecule has 0 saturated heterocycles. The molecule has 2 amide bonds. The van der Waals surface area contributed by atoms with Crippen LogP contribution in [0.3, 0.4) is 0 Å². The van der Waals surface area contributed by atoms with Gasteiger partial charge in [-0.05, 0) is 49.2 Å². The highest BCUT2D eigenvalue weighted by molar-refractivity contribution is 6.06. The molecule has 0 saturated carbocycles. The van der Waals surface area contributed by atoms with E-state index in [-0.39, 0.29) is 24.2 Å². The smallest absolute Gasteiger partial charge is 0.256 e. The molecular formula is C20H26ClN3O2. The third-order valence-electron chi connectivity index (χ3n) is 3.93. The summed E-state index contributed by atoms with van der Waals surface area (Å²) in [6, 6.07) is 10.7. The SMILES string of the molecule is Cc1ccc(NC(=O)C(C)(C)C)cc1NC(=O)c1cc(N)ccc1C.Cl. The van der Waals surface area contributed by atoms with Gasteiger partial charge < -0.3 is 16.4 Å². The number of benzene rings is 2. The molecular weight excluding hydrogens is 350 g/mol. The van der Waals surface area contributed by atoms with Crippen LogP contribution in [0.5, 0.6) is 0 Å². The van der Waals surface area contributed by atoms with Crippen LogP contribution in [-0.2, 0) is 4.79 Å². The van der Waals surface area contributed by atoms with Crippen LogP contribution in [0.25, 0.3) is 0 Å². The normalized spacial score (nSPS) is 10.7. The lowest BCUT2D eigenvalue weighted by Gasteiger charge is -2.18. The molecule has 0 bridgehead atoms. The highest BCUT2D eigenvalue weighted by Crippen LogP contribution is 2.24. The minimum absolute atomic E-state index is 0. The van der Waals surface area contributed by atoms with Gasteiger partial charge in [-0.1, -0.05) is 32.9 Å². The van der Waals surface area contributed by atoms with Crippen molar-refractivity contribution in [2.45, 2.75) is 34.6 Å². The average Bonchev–Trinajstić information content (AvgIpc) is 2.51. The summed E-state index contributed by atoms with van der Waals surface area (Å²) in [6.07, 6.45) is 0. The highest BCUT2D eigenvalue weighted by atomic mass is 35.5. The molecule has 0 aliphatic carbocycles. The monoisotopic (exact) mass is 375 g/mol. The number of hydrogen-bond acceptors (Lipinski definition) is 3. The van der Waals surface area contributed by atoms with Gasteiger partial charge in [0, 0.05) is 28.0 Å². The van der Waals surface area contributed by atoms with E-state index in [9.17, 15) is 9.59 Å². The maximum Gasteiger partial charge on any atom is 0.256 e. The highest BCUT2D eigenvalue weighted by Gasteiger charge is 2.21. The molecule has 0 atom stereocenters. The van der Waals surface area contributed by atoms with Crippen LogP contribution >= 0.6 is 12.4 Å². The second kappa shape index (κ2) is 8.23. The molecule has 2 aromatic carbocycles. The van der Waals surface area contributed by atoms with E-state index in [0.717, 1.165) is 11.1 Å². The molecule has 2 rings (SSSR count). The molecule has 4 N–H and O–H groups in total. The van der Waals surface area contributed by atoms with Crippen molar-refractivity contribution in [2.24, 2.45) is 5.41 Å². The summed E-state index contributed by atoms with van der Waals surface area (Å²) in [5.74, 6) is -0.312. The zero-order valence-electron chi connectivity index (χ0n) is 15.8. The van der Waals surface area contributed by atoms with Crippen LogP contribution in [0.1, 0.15) is 42.3 Å². The molecule has 0 heterocycles. The fourth-order valence-electron chi connectivity index (χ4n) is 2.23. The van der Waals surface area contributed by atoms with Gasteiger partial charge in [0.05, 0.1) is 0 Å². The number of carbonyl (C=O) groups is 2. The third-order valence-corrected chi connectivity index (χ3v) is 3.93. The zero-order chi connectivity index (χ0) is 18.8. The first-order valence-corrected chi connectivity index (χ1v) is 8.17. The molecule has 0 aromatic heterocycles. The molecule has 0 aliphatic rings. The van der Waals surface area contributed by atoms with Gasteiger partial charge >= 0.3 is 0 Å². The van der Waals surface area contributed by atoms with Gasteiger partial charge in [-0.3, -0.25) is 9.59 Å². The lowest BCUT2D eigenvalue weighted by atomic mass is 9.95. The minimum Gasteiger partial charge on any atom is -0.399 e. The average molecular weight is 376 g/mol. The molecule has 0 aliphatic heterocycles. The number of nitrogens with two attached hydrogens (primary N) is 1. The first kappa shape index (κ1) is 21.5. The van der Waals surface area contributed by atoms with Crippen molar-refractivity contribution in [3.05, 3.63) is 53.1 Å². The van der Waals surface area contributed by atoms with Gasteiger partial charge in [-0.2, -0.15) is 0 Å². The minimum atomic E-state index is -0.493. The van der Waals surface area contributed by atoms with Crippen LogP contribution in [0.2, 0.25) is 0 Å². The second-order valence-corrected chi connectivity index (χ2v) is 7.26. The van der Waals surface area contributed by atoms with E-state index in [1.807, 2.05) is 52.8 Å². The van der Waals surface area contributed by atoms with Gasteiger partial charge in [-0.15, -0.1) is 12.4 Å². The summed E-state index contributed by atoms with van der Waals surface area (Å²) in [6.45, 7) is 9.31. The van der Waals surface area contributed by atoms with Gasteiger partial charge in [0.1, 0.15) is 0 Å². The number of halogens is 1. The first-order valence-electron chi connectivity index (χ1n) is 8.17. The molecule has 0 radical (unpaired) electrons. The van der Waals surface area contributed by atoms with Crippen molar-refractivity contribution in [3.8, 4) is 0 Å². The van der Waals surface area contributed by atoms with Crippen LogP contribution in [0.4, 0.5) is 17.1 Å². The molecule has 0 fully saturated rings. The van der Waals surface area contributed by atoms with Gasteiger partial charge in [0.2, 0.25) is 5.91 Å². The topological polar surface area (TPSA) is 84.2 Å². The van der Waals surface area contributed by atoms with Gasteiger partial charge in [0.15, 0.2) is 0 Å². The molecule has 5 nitrogen and oxygen atoms in total. The van der Waals surface area contributed by atoms with Gasteiger partial charge in [-0.25, -0.2) is 0 Å². The number of rotatable bonds is 3. The summed E-state index contributed by atoms with van der Waals surface area (Å²) < 4.78 is 0. The predicted octanol–water partition coefficient (Wildman–Crippen LogP) is 4.54. The zero-order valence-corrected chi connectivity index (χ0v) is 16.6. The van der Waals surface area contributed by atoms with E-state index >= 15 is 0 Å². The quantitative estimate of drug-likeness (QED) is 0.688. The van der Waals surface area contributed by atoms with Crippen LogP contribution < -0.4 is 16.4 Å². The molecule has 0 spiro atoms. The predicted molar refractivity (Wildman–Crippen MR) is 110 cm³/mol. The summed E-state index contributed by atoms with van der Waals surface area (Å²) in [5, 5.41) is 5.77. The Bertz CT molecular complexity index is 826. The number of aryl methyl sites for hydroxylation is 2. The fraction of sp³-hybridized carbons (Fsp3) is 0.300. The number of carbonyl (C=O) groups excluding carboxylic acids is 2. The second-order valence-electron chi connectivity index (χ2n) is 7.26. The van der Waals surface area contributed by atoms with Crippen molar-refractivity contribution in [1.82, 2.24) is 0 Å². The standard InChI is InChI=1S/C20H25N3O2.ClH/c1-12-6-8-14(21)10-16(12)18(24)23-17-11-15(9-7-13(17)2)22-19(25)20(3,4)5;/h6-11H,21H2,1-5H3,(H,22,25)(H,23,24);1H. The van der Waals surface area contributed by atoms with E-state index in [1.54, 1.807) is 18.2 Å². The Morgan fingerprint density at radius 1 is 0.923 bits per heavy atom. The van der Waals surface area contributed by atoms with Crippen LogP contribution in [0, 0.1) is 19.3 Å². The number of amides is 2. The Labute approximate surface area is 160 Å². The van der Waals surface area contributed by atoms with Crippen molar-refractivity contribution in [3.63, 3.8) is 0 Å². The number of nitrogens with one attached hydrogen (secondary N) is 2. The molecule has 0 unspecified atom stereocenters. The summed E-state index contributed by atoms with van der Waals surface area (Å²) in [7, 11) is 0. The van der Waals surface area contributed by atoms with Crippen molar-refractivity contribution in [2.75, 3.05) is 16.4 Å². The maximum absolute atomic E-state index is 12.6. The molecule has 26 heavy (non-hydrogen) atoms. The Kier molecular flexibility index (Phi) is 6.81. The van der Waals surface area contributed by atoms with E-state index < -0.39 is 5.41 Å². The summed E-state index contributed by atoms with van der Waals surface area (Å²) in [5.41, 5.74) is 9.41. The van der Waals surface area contributed by atoms with Crippen molar-refractivity contribution >= 4 is 41.3 Å². The number of nitrogen functional groups attached to an aromatic ring is 1. The fourth-order valence-corrected chi connectivity index (χ4v) is 2.23. The van der Waals surface area contributed by atoms with E-state index in [1.165, 1.54) is 0 Å². The molecule has 6 heteroatoms. The Morgan fingerprint density at radius 3 is 2.15 bits per heavy atom. The van der Waals surface area contributed by atoms with Crippen LogP contribution in [-0.4, -0.2) is 11.8 Å². The van der Waals surface area contributed by atoms with E-state index in [2.05, 4.69) is 10.6 Å². The first-order chi connectivity index (χ1) is 11.6. The van der Waals surface area contributed by atoms with Crippen molar-refractivity contribution < 1.29 is 9.59 Å². The Morgan fingerprint density at radius 2 is 1.54 bits per heavy atom. The molecule has 2 aromatic rings. The Balaban J connectivity index is 0.00000338. The summed E-state index contributed by atoms with van der Waals surface area (Å²) in [4.78, 5) is 24.7.